The van der Waals surface area contributed by atoms with Crippen molar-refractivity contribution in [2.75, 3.05) is 13.1 Å². The van der Waals surface area contributed by atoms with Crippen molar-refractivity contribution in [3.05, 3.63) is 28.0 Å². The van der Waals surface area contributed by atoms with Gasteiger partial charge in [-0.3, -0.25) is 4.79 Å². The fourth-order valence-corrected chi connectivity index (χ4v) is 1.72. The maximum atomic E-state index is 12.2. The summed E-state index contributed by atoms with van der Waals surface area (Å²) in [6.07, 6.45) is 7.41. The third-order valence-corrected chi connectivity index (χ3v) is 2.62. The molecule has 0 aliphatic carbocycles. The van der Waals surface area contributed by atoms with Gasteiger partial charge in [0.05, 0.1) is 17.1 Å². The van der Waals surface area contributed by atoms with E-state index < -0.39 is 0 Å². The molecule has 0 radical (unpaired) electrons. The second kappa shape index (κ2) is 6.48. The minimum Gasteiger partial charge on any atom is -0.327 e. The van der Waals surface area contributed by atoms with E-state index in [9.17, 15) is 4.79 Å². The van der Waals surface area contributed by atoms with E-state index in [4.69, 9.17) is 29.6 Å². The molecule has 5 heteroatoms. The molecule has 1 heterocycles. The molecule has 0 fully saturated rings. The summed E-state index contributed by atoms with van der Waals surface area (Å²) < 4.78 is 0. The van der Waals surface area contributed by atoms with Gasteiger partial charge < -0.3 is 4.90 Å². The van der Waals surface area contributed by atoms with Crippen LogP contribution in [0.25, 0.3) is 0 Å². The van der Waals surface area contributed by atoms with Crippen molar-refractivity contribution in [2.24, 2.45) is 0 Å². The summed E-state index contributed by atoms with van der Waals surface area (Å²) in [5.74, 6) is 2.23. The first-order valence-electron chi connectivity index (χ1n) is 5.14. The third-order valence-electron chi connectivity index (χ3n) is 2.12. The van der Waals surface area contributed by atoms with Gasteiger partial charge in [-0.25, -0.2) is 4.98 Å². The van der Waals surface area contributed by atoms with Gasteiger partial charge in [-0.2, -0.15) is 0 Å². The number of hydrogen-bond acceptors (Lipinski definition) is 2. The van der Waals surface area contributed by atoms with E-state index in [1.165, 1.54) is 12.3 Å². The number of halogens is 2. The Morgan fingerprint density at radius 2 is 2.29 bits per heavy atom. The van der Waals surface area contributed by atoms with Gasteiger partial charge in [0, 0.05) is 12.7 Å². The van der Waals surface area contributed by atoms with Crippen LogP contribution >= 0.6 is 23.2 Å². The fourth-order valence-electron chi connectivity index (χ4n) is 1.38. The standard InChI is InChI=1S/C12H12Cl2N2O/c1-3-5-16(6-4-2)12(17)9-7-11(14)15-8-10(9)13/h1,7-8H,4-6H2,2H3. The molecule has 1 rings (SSSR count). The largest absolute Gasteiger partial charge is 0.327 e. The summed E-state index contributed by atoms with van der Waals surface area (Å²) in [4.78, 5) is 17.5. The topological polar surface area (TPSA) is 33.2 Å². The lowest BCUT2D eigenvalue weighted by atomic mass is 10.2. The Hall–Kier alpha value is -1.24. The summed E-state index contributed by atoms with van der Waals surface area (Å²) in [6, 6.07) is 1.45. The van der Waals surface area contributed by atoms with E-state index in [1.807, 2.05) is 6.92 Å². The van der Waals surface area contributed by atoms with Crippen LogP contribution in [0.4, 0.5) is 0 Å². The van der Waals surface area contributed by atoms with Crippen molar-refractivity contribution in [1.82, 2.24) is 9.88 Å². The number of aromatic nitrogens is 1. The minimum atomic E-state index is -0.223. The van der Waals surface area contributed by atoms with Crippen molar-refractivity contribution < 1.29 is 4.79 Å². The molecule has 0 saturated heterocycles. The Kier molecular flexibility index (Phi) is 5.27. The van der Waals surface area contributed by atoms with Crippen molar-refractivity contribution in [3.63, 3.8) is 0 Å². The number of carbonyl (C=O) groups is 1. The summed E-state index contributed by atoms with van der Waals surface area (Å²) in [7, 11) is 0. The van der Waals surface area contributed by atoms with Gasteiger partial charge in [0.15, 0.2) is 0 Å². The van der Waals surface area contributed by atoms with E-state index in [1.54, 1.807) is 4.90 Å². The highest BCUT2D eigenvalue weighted by atomic mass is 35.5. The molecule has 0 aliphatic rings. The van der Waals surface area contributed by atoms with E-state index in [0.717, 1.165) is 6.42 Å². The van der Waals surface area contributed by atoms with Crippen LogP contribution in [-0.4, -0.2) is 28.9 Å². The number of hydrogen-bond donors (Lipinski definition) is 0. The number of carbonyl (C=O) groups excluding carboxylic acids is 1. The Bertz CT molecular complexity index is 454. The summed E-state index contributed by atoms with van der Waals surface area (Å²) >= 11 is 11.7. The molecular weight excluding hydrogens is 259 g/mol. The van der Waals surface area contributed by atoms with Gasteiger partial charge in [-0.05, 0) is 12.5 Å². The lowest BCUT2D eigenvalue weighted by molar-refractivity contribution is 0.0777. The molecule has 0 aliphatic heterocycles. The smallest absolute Gasteiger partial charge is 0.256 e. The van der Waals surface area contributed by atoms with E-state index in [-0.39, 0.29) is 22.6 Å². The molecule has 17 heavy (non-hydrogen) atoms. The minimum absolute atomic E-state index is 0.223. The zero-order chi connectivity index (χ0) is 12.8. The maximum absolute atomic E-state index is 12.2. The van der Waals surface area contributed by atoms with Crippen molar-refractivity contribution in [3.8, 4) is 12.3 Å². The van der Waals surface area contributed by atoms with Gasteiger partial charge in [0.2, 0.25) is 0 Å². The molecule has 0 unspecified atom stereocenters. The highest BCUT2D eigenvalue weighted by molar-refractivity contribution is 6.35. The fraction of sp³-hybridized carbons (Fsp3) is 0.333. The highest BCUT2D eigenvalue weighted by Crippen LogP contribution is 2.19. The molecule has 0 saturated carbocycles. The molecule has 1 aromatic rings. The van der Waals surface area contributed by atoms with Crippen LogP contribution in [0.15, 0.2) is 12.3 Å². The molecule has 0 bridgehead atoms. The van der Waals surface area contributed by atoms with Crippen LogP contribution in [0.5, 0.6) is 0 Å². The highest BCUT2D eigenvalue weighted by Gasteiger charge is 2.17. The lowest BCUT2D eigenvalue weighted by Gasteiger charge is -2.19. The molecular formula is C12H12Cl2N2O. The predicted molar refractivity (Wildman–Crippen MR) is 69.3 cm³/mol. The lowest BCUT2D eigenvalue weighted by Crippen LogP contribution is -2.32. The molecule has 0 N–H and O–H groups in total. The van der Waals surface area contributed by atoms with E-state index in [2.05, 4.69) is 10.9 Å². The number of amides is 1. The Morgan fingerprint density at radius 3 is 2.88 bits per heavy atom. The third kappa shape index (κ3) is 3.62. The summed E-state index contributed by atoms with van der Waals surface area (Å²) in [6.45, 7) is 2.81. The zero-order valence-corrected chi connectivity index (χ0v) is 10.9. The maximum Gasteiger partial charge on any atom is 0.256 e. The Labute approximate surface area is 111 Å². The van der Waals surface area contributed by atoms with Crippen LogP contribution in [0.1, 0.15) is 23.7 Å². The normalized spacial score (nSPS) is 9.76. The number of terminal acetylenes is 1. The van der Waals surface area contributed by atoms with Crippen molar-refractivity contribution in [1.29, 1.82) is 0 Å². The van der Waals surface area contributed by atoms with E-state index >= 15 is 0 Å². The van der Waals surface area contributed by atoms with Gasteiger partial charge in [0.1, 0.15) is 5.15 Å². The molecule has 1 amide bonds. The second-order valence-electron chi connectivity index (χ2n) is 3.42. The van der Waals surface area contributed by atoms with Gasteiger partial charge in [-0.1, -0.05) is 36.0 Å². The molecule has 0 atom stereocenters. The average Bonchev–Trinajstić information content (AvgIpc) is 2.31. The van der Waals surface area contributed by atoms with Crippen LogP contribution in [0, 0.1) is 12.3 Å². The first kappa shape index (κ1) is 13.8. The van der Waals surface area contributed by atoms with Gasteiger partial charge in [0.25, 0.3) is 5.91 Å². The van der Waals surface area contributed by atoms with Crippen LogP contribution in [0.2, 0.25) is 10.2 Å². The average molecular weight is 271 g/mol. The summed E-state index contributed by atoms with van der Waals surface area (Å²) in [5, 5.41) is 0.507. The van der Waals surface area contributed by atoms with Crippen molar-refractivity contribution >= 4 is 29.1 Å². The van der Waals surface area contributed by atoms with Gasteiger partial charge in [-0.15, -0.1) is 6.42 Å². The molecule has 3 nitrogen and oxygen atoms in total. The predicted octanol–water partition coefficient (Wildman–Crippen LogP) is 2.87. The Morgan fingerprint density at radius 1 is 1.59 bits per heavy atom. The van der Waals surface area contributed by atoms with Crippen LogP contribution in [-0.2, 0) is 0 Å². The molecule has 90 valence electrons. The van der Waals surface area contributed by atoms with Crippen molar-refractivity contribution in [2.45, 2.75) is 13.3 Å². The monoisotopic (exact) mass is 270 g/mol. The zero-order valence-electron chi connectivity index (χ0n) is 9.41. The van der Waals surface area contributed by atoms with E-state index in [0.29, 0.717) is 12.1 Å². The van der Waals surface area contributed by atoms with Crippen LogP contribution in [0.3, 0.4) is 0 Å². The SMILES string of the molecule is C#CCN(CCC)C(=O)c1cc(Cl)ncc1Cl. The molecule has 0 spiro atoms. The second-order valence-corrected chi connectivity index (χ2v) is 4.21. The molecule has 0 aromatic carbocycles. The van der Waals surface area contributed by atoms with Gasteiger partial charge >= 0.3 is 0 Å². The quantitative estimate of drug-likeness (QED) is 0.623. The number of nitrogens with zero attached hydrogens (tertiary/aromatic N) is 2. The first-order chi connectivity index (χ1) is 8.10. The number of pyridine rings is 1. The Balaban J connectivity index is 3.00. The number of rotatable bonds is 4. The first-order valence-corrected chi connectivity index (χ1v) is 5.89. The summed E-state index contributed by atoms with van der Waals surface area (Å²) in [5.41, 5.74) is 0.329. The van der Waals surface area contributed by atoms with Crippen LogP contribution < -0.4 is 0 Å². The molecule has 1 aromatic heterocycles.